The summed E-state index contributed by atoms with van der Waals surface area (Å²) < 4.78 is 2.34. The van der Waals surface area contributed by atoms with Gasteiger partial charge in [0, 0.05) is 6.04 Å². The van der Waals surface area contributed by atoms with Crippen molar-refractivity contribution >= 4 is 27.4 Å². The zero-order chi connectivity index (χ0) is 13.3. The Hall–Kier alpha value is -1.69. The maximum absolute atomic E-state index is 12.4. The van der Waals surface area contributed by atoms with Gasteiger partial charge >= 0.3 is 0 Å². The molecule has 0 aromatic carbocycles. The molecule has 94 valence electrons. The Bertz CT molecular complexity index is 574. The van der Waals surface area contributed by atoms with Crippen molar-refractivity contribution in [2.24, 2.45) is 0 Å². The van der Waals surface area contributed by atoms with Crippen molar-refractivity contribution < 1.29 is 4.79 Å². The molecule has 0 atom stereocenters. The number of ketones is 1. The third-order valence-electron chi connectivity index (χ3n) is 2.47. The molecular formula is C12H13BrN4O. The van der Waals surface area contributed by atoms with Gasteiger partial charge in [0.15, 0.2) is 0 Å². The van der Waals surface area contributed by atoms with Gasteiger partial charge in [0.05, 0.1) is 22.6 Å². The van der Waals surface area contributed by atoms with Crippen LogP contribution in [0.2, 0.25) is 0 Å². The zero-order valence-corrected chi connectivity index (χ0v) is 11.7. The molecule has 0 saturated heterocycles. The molecule has 6 heteroatoms. The quantitative estimate of drug-likeness (QED) is 0.884. The Balaban J connectivity index is 2.45. The molecule has 2 rings (SSSR count). The van der Waals surface area contributed by atoms with Crippen LogP contribution in [0.5, 0.6) is 0 Å². The molecule has 0 radical (unpaired) electrons. The Morgan fingerprint density at radius 2 is 2.11 bits per heavy atom. The van der Waals surface area contributed by atoms with Gasteiger partial charge in [-0.25, -0.2) is 0 Å². The third-order valence-corrected chi connectivity index (χ3v) is 3.05. The van der Waals surface area contributed by atoms with Gasteiger partial charge in [-0.05, 0) is 41.9 Å². The van der Waals surface area contributed by atoms with Gasteiger partial charge in [-0.3, -0.25) is 14.5 Å². The van der Waals surface area contributed by atoms with Gasteiger partial charge < -0.3 is 5.73 Å². The molecule has 5 nitrogen and oxygen atoms in total. The molecule has 0 spiro atoms. The highest BCUT2D eigenvalue weighted by Crippen LogP contribution is 2.22. The summed E-state index contributed by atoms with van der Waals surface area (Å²) >= 11 is 3.34. The van der Waals surface area contributed by atoms with Gasteiger partial charge in [0.1, 0.15) is 11.4 Å². The van der Waals surface area contributed by atoms with Crippen LogP contribution < -0.4 is 5.73 Å². The Labute approximate surface area is 113 Å². The minimum absolute atomic E-state index is 0.101. The first-order valence-electron chi connectivity index (χ1n) is 5.50. The number of nitrogens with zero attached hydrogens (tertiary/aromatic N) is 3. The molecule has 0 unspecified atom stereocenters. The van der Waals surface area contributed by atoms with Crippen LogP contribution >= 0.6 is 15.9 Å². The average molecular weight is 309 g/mol. The maximum Gasteiger partial charge on any atom is 0.230 e. The van der Waals surface area contributed by atoms with E-state index in [9.17, 15) is 4.79 Å². The van der Waals surface area contributed by atoms with E-state index in [0.29, 0.717) is 21.5 Å². The first-order chi connectivity index (χ1) is 8.50. The van der Waals surface area contributed by atoms with Gasteiger partial charge in [-0.2, -0.15) is 5.10 Å². The lowest BCUT2D eigenvalue weighted by atomic mass is 10.2. The van der Waals surface area contributed by atoms with E-state index in [1.807, 2.05) is 13.8 Å². The Kier molecular flexibility index (Phi) is 3.47. The molecule has 2 heterocycles. The predicted octanol–water partition coefficient (Wildman–Crippen LogP) is 2.43. The monoisotopic (exact) mass is 308 g/mol. The summed E-state index contributed by atoms with van der Waals surface area (Å²) in [5.74, 6) is -0.173. The van der Waals surface area contributed by atoms with E-state index in [2.05, 4.69) is 26.0 Å². The normalized spacial score (nSPS) is 10.9. The predicted molar refractivity (Wildman–Crippen MR) is 72.4 cm³/mol. The number of carbonyl (C=O) groups is 1. The molecule has 2 aromatic heterocycles. The standard InChI is InChI=1S/C12H13BrN4O/c1-7(2)17-11(9(13)6-16-17)12(18)10-4-3-8(14)5-15-10/h3-7H,14H2,1-2H3. The van der Waals surface area contributed by atoms with Crippen molar-refractivity contribution in [1.29, 1.82) is 0 Å². The molecule has 0 saturated carbocycles. The smallest absolute Gasteiger partial charge is 0.230 e. The number of nitrogens with two attached hydrogens (primary N) is 1. The summed E-state index contributed by atoms with van der Waals surface area (Å²) in [5.41, 5.74) is 6.94. The van der Waals surface area contributed by atoms with Crippen LogP contribution in [0.25, 0.3) is 0 Å². The summed E-state index contributed by atoms with van der Waals surface area (Å²) in [5, 5.41) is 4.18. The Morgan fingerprint density at radius 3 is 2.67 bits per heavy atom. The summed E-state index contributed by atoms with van der Waals surface area (Å²) in [6, 6.07) is 3.37. The number of rotatable bonds is 3. The molecule has 2 N–H and O–H groups in total. The molecule has 0 aliphatic rings. The number of aromatic nitrogens is 3. The second kappa shape index (κ2) is 4.89. The van der Waals surface area contributed by atoms with Crippen molar-refractivity contribution in [3.05, 3.63) is 40.4 Å². The van der Waals surface area contributed by atoms with Crippen molar-refractivity contribution in [1.82, 2.24) is 14.8 Å². The minimum atomic E-state index is -0.173. The van der Waals surface area contributed by atoms with E-state index in [4.69, 9.17) is 5.73 Å². The van der Waals surface area contributed by atoms with Crippen LogP contribution in [0, 0.1) is 0 Å². The number of pyridine rings is 1. The fourth-order valence-electron chi connectivity index (χ4n) is 1.61. The van der Waals surface area contributed by atoms with Crippen LogP contribution in [0.3, 0.4) is 0 Å². The Morgan fingerprint density at radius 1 is 1.39 bits per heavy atom. The maximum atomic E-state index is 12.4. The van der Waals surface area contributed by atoms with E-state index < -0.39 is 0 Å². The van der Waals surface area contributed by atoms with Crippen LogP contribution in [0.15, 0.2) is 29.0 Å². The molecule has 0 fully saturated rings. The van der Waals surface area contributed by atoms with Crippen LogP contribution in [-0.4, -0.2) is 20.5 Å². The fraction of sp³-hybridized carbons (Fsp3) is 0.250. The first kappa shape index (κ1) is 12.8. The largest absolute Gasteiger partial charge is 0.397 e. The number of halogens is 1. The highest BCUT2D eigenvalue weighted by atomic mass is 79.9. The van der Waals surface area contributed by atoms with Crippen LogP contribution in [-0.2, 0) is 0 Å². The van der Waals surface area contributed by atoms with Crippen molar-refractivity contribution in [3.63, 3.8) is 0 Å². The second-order valence-corrected chi connectivity index (χ2v) is 5.04. The molecule has 0 bridgehead atoms. The van der Waals surface area contributed by atoms with Crippen molar-refractivity contribution in [2.45, 2.75) is 19.9 Å². The SMILES string of the molecule is CC(C)n1ncc(Br)c1C(=O)c1ccc(N)cn1. The number of hydrogen-bond acceptors (Lipinski definition) is 4. The topological polar surface area (TPSA) is 73.8 Å². The molecule has 2 aromatic rings. The first-order valence-corrected chi connectivity index (χ1v) is 6.29. The summed E-state index contributed by atoms with van der Waals surface area (Å²) in [6.07, 6.45) is 3.09. The minimum Gasteiger partial charge on any atom is -0.397 e. The van der Waals surface area contributed by atoms with E-state index in [-0.39, 0.29) is 11.8 Å². The summed E-state index contributed by atoms with van der Waals surface area (Å²) in [6.45, 7) is 3.93. The molecule has 0 aliphatic carbocycles. The van der Waals surface area contributed by atoms with Gasteiger partial charge in [-0.1, -0.05) is 0 Å². The lowest BCUT2D eigenvalue weighted by Gasteiger charge is -2.10. The fourth-order valence-corrected chi connectivity index (χ4v) is 2.06. The average Bonchev–Trinajstić information content (AvgIpc) is 2.71. The number of hydrogen-bond donors (Lipinski definition) is 1. The van der Waals surface area contributed by atoms with E-state index in [0.717, 1.165) is 0 Å². The molecule has 18 heavy (non-hydrogen) atoms. The van der Waals surface area contributed by atoms with Crippen molar-refractivity contribution in [3.8, 4) is 0 Å². The highest BCUT2D eigenvalue weighted by Gasteiger charge is 2.21. The van der Waals surface area contributed by atoms with Gasteiger partial charge in [-0.15, -0.1) is 0 Å². The number of anilines is 1. The van der Waals surface area contributed by atoms with Gasteiger partial charge in [0.2, 0.25) is 5.78 Å². The van der Waals surface area contributed by atoms with Gasteiger partial charge in [0.25, 0.3) is 0 Å². The summed E-state index contributed by atoms with van der Waals surface area (Å²) in [7, 11) is 0. The number of nitrogen functional groups attached to an aromatic ring is 1. The molecular weight excluding hydrogens is 296 g/mol. The van der Waals surface area contributed by atoms with E-state index in [1.54, 1.807) is 23.0 Å². The van der Waals surface area contributed by atoms with Crippen LogP contribution in [0.1, 0.15) is 36.1 Å². The lowest BCUT2D eigenvalue weighted by Crippen LogP contribution is -2.15. The van der Waals surface area contributed by atoms with Crippen molar-refractivity contribution in [2.75, 3.05) is 5.73 Å². The summed E-state index contributed by atoms with van der Waals surface area (Å²) in [4.78, 5) is 16.4. The zero-order valence-electron chi connectivity index (χ0n) is 10.1. The molecule has 0 aliphatic heterocycles. The third kappa shape index (κ3) is 2.28. The molecule has 0 amide bonds. The van der Waals surface area contributed by atoms with E-state index in [1.165, 1.54) is 6.20 Å². The highest BCUT2D eigenvalue weighted by molar-refractivity contribution is 9.10. The van der Waals surface area contributed by atoms with Crippen LogP contribution in [0.4, 0.5) is 5.69 Å². The second-order valence-electron chi connectivity index (χ2n) is 4.19. The number of carbonyl (C=O) groups excluding carboxylic acids is 1. The van der Waals surface area contributed by atoms with E-state index >= 15 is 0 Å². The lowest BCUT2D eigenvalue weighted by molar-refractivity contribution is 0.102.